The maximum absolute atomic E-state index is 7.78. The highest BCUT2D eigenvalue weighted by molar-refractivity contribution is 6.30. The van der Waals surface area contributed by atoms with E-state index >= 15 is 0 Å². The first-order chi connectivity index (χ1) is 13.0. The number of hydrogen-bond acceptors (Lipinski definition) is 2. The van der Waals surface area contributed by atoms with Crippen molar-refractivity contribution >= 4 is 17.4 Å². The van der Waals surface area contributed by atoms with Gasteiger partial charge in [-0.15, -0.1) is 0 Å². The zero-order valence-electron chi connectivity index (χ0n) is 15.8. The molecule has 3 N–H and O–H groups in total. The Kier molecular flexibility index (Phi) is 5.97. The first-order valence-corrected chi connectivity index (χ1v) is 9.63. The molecule has 140 valence electrons. The Morgan fingerprint density at radius 2 is 1.85 bits per heavy atom. The van der Waals surface area contributed by atoms with Crippen LogP contribution in [0.25, 0.3) is 11.1 Å². The van der Waals surface area contributed by atoms with E-state index < -0.39 is 0 Å². The summed E-state index contributed by atoms with van der Waals surface area (Å²) < 4.78 is 2.20. The molecular formula is C22H25ClN4. The Balaban J connectivity index is 1.87. The van der Waals surface area contributed by atoms with Gasteiger partial charge in [0.2, 0.25) is 0 Å². The predicted octanol–water partition coefficient (Wildman–Crippen LogP) is 5.19. The molecule has 2 aromatic carbocycles. The molecule has 1 heterocycles. The van der Waals surface area contributed by atoms with Gasteiger partial charge in [0, 0.05) is 18.5 Å². The molecule has 5 heteroatoms. The van der Waals surface area contributed by atoms with E-state index in [1.165, 1.54) is 5.56 Å². The lowest BCUT2D eigenvalue weighted by Crippen LogP contribution is -2.12. The van der Waals surface area contributed by atoms with Gasteiger partial charge in [-0.3, -0.25) is 5.41 Å². The van der Waals surface area contributed by atoms with Gasteiger partial charge in [-0.05, 0) is 30.0 Å². The Labute approximate surface area is 165 Å². The van der Waals surface area contributed by atoms with Crippen LogP contribution in [0.15, 0.2) is 48.5 Å². The molecule has 0 amide bonds. The average molecular weight is 381 g/mol. The topological polar surface area (TPSA) is 67.7 Å². The molecule has 4 nitrogen and oxygen atoms in total. The molecule has 0 unspecified atom stereocenters. The van der Waals surface area contributed by atoms with Crippen molar-refractivity contribution in [3.05, 3.63) is 76.3 Å². The van der Waals surface area contributed by atoms with Crippen molar-refractivity contribution in [2.45, 2.75) is 39.7 Å². The molecule has 0 atom stereocenters. The minimum absolute atomic E-state index is 0.0823. The summed E-state index contributed by atoms with van der Waals surface area (Å²) in [6.45, 7) is 4.95. The number of hydrogen-bond donors (Lipinski definition) is 2. The van der Waals surface area contributed by atoms with Crippen LogP contribution in [0, 0.1) is 12.3 Å². The molecule has 0 aliphatic carbocycles. The largest absolute Gasteiger partial charge is 0.384 e. The minimum Gasteiger partial charge on any atom is -0.384 e. The summed E-state index contributed by atoms with van der Waals surface area (Å²) in [6, 6.07) is 16.1. The lowest BCUT2D eigenvalue weighted by molar-refractivity contribution is 0.667. The van der Waals surface area contributed by atoms with Crippen molar-refractivity contribution in [3.8, 4) is 11.1 Å². The number of nitrogen functional groups attached to an aromatic ring is 1. The maximum Gasteiger partial charge on any atom is 0.150 e. The maximum atomic E-state index is 7.78. The van der Waals surface area contributed by atoms with Crippen molar-refractivity contribution in [2.24, 2.45) is 5.73 Å². The number of aromatic nitrogens is 2. The van der Waals surface area contributed by atoms with E-state index in [4.69, 9.17) is 22.7 Å². The van der Waals surface area contributed by atoms with E-state index in [1.54, 1.807) is 0 Å². The Hall–Kier alpha value is -2.59. The molecule has 3 aromatic rings. The highest BCUT2D eigenvalue weighted by Gasteiger charge is 2.13. The summed E-state index contributed by atoms with van der Waals surface area (Å²) in [7, 11) is 0. The van der Waals surface area contributed by atoms with Crippen LogP contribution in [0.2, 0.25) is 5.15 Å². The highest BCUT2D eigenvalue weighted by Crippen LogP contribution is 2.25. The molecule has 3 rings (SSSR count). The van der Waals surface area contributed by atoms with E-state index in [0.717, 1.165) is 54.0 Å². The van der Waals surface area contributed by atoms with Gasteiger partial charge in [0.05, 0.1) is 5.69 Å². The number of benzene rings is 2. The zero-order valence-corrected chi connectivity index (χ0v) is 16.6. The number of imidazole rings is 1. The minimum atomic E-state index is 0.0823. The van der Waals surface area contributed by atoms with Crippen LogP contribution in [0.5, 0.6) is 0 Å². The summed E-state index contributed by atoms with van der Waals surface area (Å²) >= 11 is 6.27. The molecule has 0 fully saturated rings. The van der Waals surface area contributed by atoms with Crippen molar-refractivity contribution in [2.75, 3.05) is 0 Å². The molecule has 0 radical (unpaired) electrons. The predicted molar refractivity (Wildman–Crippen MR) is 113 cm³/mol. The van der Waals surface area contributed by atoms with Crippen molar-refractivity contribution in [1.29, 1.82) is 5.41 Å². The monoisotopic (exact) mass is 380 g/mol. The molecule has 0 bridgehead atoms. The average Bonchev–Trinajstić information content (AvgIpc) is 2.94. The standard InChI is InChI=1S/C22H25ClN4/c1-3-4-9-20-26-21(23)15(2)27(20)14-16-10-12-17(13-11-16)18-7-5-6-8-19(18)22(24)25/h5-8,10-13H,3-4,9,14H2,1-2H3,(H3,24,25). The number of aryl methyl sites for hydroxylation is 1. The van der Waals surface area contributed by atoms with Gasteiger partial charge in [-0.2, -0.15) is 0 Å². The van der Waals surface area contributed by atoms with E-state index in [1.807, 2.05) is 31.2 Å². The van der Waals surface area contributed by atoms with Gasteiger partial charge in [0.1, 0.15) is 16.8 Å². The van der Waals surface area contributed by atoms with E-state index in [9.17, 15) is 0 Å². The molecule has 27 heavy (non-hydrogen) atoms. The van der Waals surface area contributed by atoms with Crippen molar-refractivity contribution < 1.29 is 0 Å². The fourth-order valence-electron chi connectivity index (χ4n) is 3.24. The highest BCUT2D eigenvalue weighted by atomic mass is 35.5. The SMILES string of the molecule is CCCCc1nc(Cl)c(C)n1Cc1ccc(-c2ccccc2C(=N)N)cc1. The molecular weight excluding hydrogens is 356 g/mol. The van der Waals surface area contributed by atoms with Crippen LogP contribution in [0.1, 0.15) is 42.4 Å². The fraction of sp³-hybridized carbons (Fsp3) is 0.273. The van der Waals surface area contributed by atoms with Crippen LogP contribution in [0.4, 0.5) is 0 Å². The summed E-state index contributed by atoms with van der Waals surface area (Å²) in [5, 5.41) is 8.37. The molecule has 0 aliphatic heterocycles. The quantitative estimate of drug-likeness (QED) is 0.437. The van der Waals surface area contributed by atoms with Gasteiger partial charge >= 0.3 is 0 Å². The third-order valence-corrected chi connectivity index (χ3v) is 5.18. The number of amidine groups is 1. The van der Waals surface area contributed by atoms with Crippen LogP contribution < -0.4 is 5.73 Å². The second kappa shape index (κ2) is 8.40. The number of nitrogens with zero attached hydrogens (tertiary/aromatic N) is 2. The van der Waals surface area contributed by atoms with Gasteiger partial charge < -0.3 is 10.3 Å². The Bertz CT molecular complexity index is 941. The number of unbranched alkanes of at least 4 members (excludes halogenated alkanes) is 1. The molecule has 0 saturated heterocycles. The number of halogens is 1. The molecule has 1 aromatic heterocycles. The summed E-state index contributed by atoms with van der Waals surface area (Å²) in [5.41, 5.74) is 10.7. The fourth-order valence-corrected chi connectivity index (χ4v) is 3.44. The first kappa shape index (κ1) is 19.2. The third kappa shape index (κ3) is 4.22. The van der Waals surface area contributed by atoms with Crippen LogP contribution in [0.3, 0.4) is 0 Å². The Morgan fingerprint density at radius 3 is 2.52 bits per heavy atom. The van der Waals surface area contributed by atoms with Crippen molar-refractivity contribution in [1.82, 2.24) is 9.55 Å². The Morgan fingerprint density at radius 1 is 1.15 bits per heavy atom. The molecule has 0 saturated carbocycles. The number of nitrogens with one attached hydrogen (secondary N) is 1. The summed E-state index contributed by atoms with van der Waals surface area (Å²) in [5.74, 6) is 1.13. The first-order valence-electron chi connectivity index (χ1n) is 9.25. The zero-order chi connectivity index (χ0) is 19.4. The lowest BCUT2D eigenvalue weighted by atomic mass is 9.98. The number of rotatable bonds is 7. The third-order valence-electron chi connectivity index (χ3n) is 4.82. The smallest absolute Gasteiger partial charge is 0.150 e. The van der Waals surface area contributed by atoms with Gasteiger partial charge in [-0.25, -0.2) is 4.98 Å². The van der Waals surface area contributed by atoms with Gasteiger partial charge in [0.25, 0.3) is 0 Å². The van der Waals surface area contributed by atoms with Gasteiger partial charge in [0.15, 0.2) is 0 Å². The second-order valence-corrected chi connectivity index (χ2v) is 7.11. The van der Waals surface area contributed by atoms with Crippen molar-refractivity contribution in [3.63, 3.8) is 0 Å². The number of nitrogens with two attached hydrogens (primary N) is 1. The second-order valence-electron chi connectivity index (χ2n) is 6.75. The van der Waals surface area contributed by atoms with Crippen LogP contribution in [-0.2, 0) is 13.0 Å². The van der Waals surface area contributed by atoms with E-state index in [-0.39, 0.29) is 5.84 Å². The van der Waals surface area contributed by atoms with E-state index in [2.05, 4.69) is 40.7 Å². The van der Waals surface area contributed by atoms with E-state index in [0.29, 0.717) is 5.15 Å². The van der Waals surface area contributed by atoms with Crippen LogP contribution >= 0.6 is 11.6 Å². The van der Waals surface area contributed by atoms with Gasteiger partial charge in [-0.1, -0.05) is 73.5 Å². The summed E-state index contributed by atoms with van der Waals surface area (Å²) in [4.78, 5) is 4.53. The normalized spacial score (nSPS) is 10.9. The molecule has 0 spiro atoms. The summed E-state index contributed by atoms with van der Waals surface area (Å²) in [6.07, 6.45) is 3.18. The molecule has 0 aliphatic rings. The lowest BCUT2D eigenvalue weighted by Gasteiger charge is -2.12. The van der Waals surface area contributed by atoms with Crippen LogP contribution in [-0.4, -0.2) is 15.4 Å².